The third-order valence-corrected chi connectivity index (χ3v) is 7.51. The van der Waals surface area contributed by atoms with Crippen molar-refractivity contribution in [2.45, 2.75) is 15.7 Å². The first-order valence-electron chi connectivity index (χ1n) is 10.1. The minimum Gasteiger partial charge on any atom is -0.239 e. The highest BCUT2D eigenvalue weighted by Crippen LogP contribution is 2.36. The lowest BCUT2D eigenvalue weighted by atomic mass is 9.98. The van der Waals surface area contributed by atoms with Crippen LogP contribution in [0.1, 0.15) is 11.1 Å². The molecule has 0 atom stereocenters. The average Bonchev–Trinajstić information content (AvgIpc) is 2.82. The number of hydrogen-bond acceptors (Lipinski definition) is 5. The number of rotatable bonds is 6. The van der Waals surface area contributed by atoms with Crippen LogP contribution in [0, 0.1) is 17.1 Å². The van der Waals surface area contributed by atoms with Crippen molar-refractivity contribution in [3.8, 4) is 28.5 Å². The zero-order chi connectivity index (χ0) is 24.3. The summed E-state index contributed by atoms with van der Waals surface area (Å²) in [4.78, 5) is 4.99. The molecule has 1 heterocycles. The molecule has 0 saturated heterocycles. The van der Waals surface area contributed by atoms with Gasteiger partial charge in [0.05, 0.1) is 16.2 Å². The molecule has 4 nitrogen and oxygen atoms in total. The number of nitriles is 1. The van der Waals surface area contributed by atoms with Crippen LogP contribution >= 0.6 is 23.4 Å². The van der Waals surface area contributed by atoms with Crippen molar-refractivity contribution in [2.24, 2.45) is 0 Å². The highest BCUT2D eigenvalue weighted by Gasteiger charge is 2.17. The van der Waals surface area contributed by atoms with Gasteiger partial charge in [0.15, 0.2) is 9.84 Å². The second-order valence-corrected chi connectivity index (χ2v) is 11.0. The van der Waals surface area contributed by atoms with Gasteiger partial charge in [0, 0.05) is 28.2 Å². The zero-order valence-electron chi connectivity index (χ0n) is 18.0. The molecule has 1 aromatic heterocycles. The summed E-state index contributed by atoms with van der Waals surface area (Å²) in [6.45, 7) is 0. The summed E-state index contributed by atoms with van der Waals surface area (Å²) in [5.74, 6) is 0.194. The number of aromatic nitrogens is 1. The summed E-state index contributed by atoms with van der Waals surface area (Å²) in [5, 5.41) is 11.0. The number of sulfone groups is 1. The fraction of sp³-hybridized carbons (Fsp3) is 0.0769. The zero-order valence-corrected chi connectivity index (χ0v) is 20.4. The lowest BCUT2D eigenvalue weighted by Gasteiger charge is -2.14. The van der Waals surface area contributed by atoms with Gasteiger partial charge in [0.2, 0.25) is 0 Å². The standard InChI is InChI=1S/C26H18ClFN2O2S2/c1-34(31,32)23-11-7-18(8-12-23)24-14-20(15-29)26(33-16-17-3-2-4-21(27)13-17)30-25(24)19-5-9-22(28)10-6-19/h2-14H,16H2,1H3. The van der Waals surface area contributed by atoms with Gasteiger partial charge in [-0.1, -0.05) is 35.9 Å². The first-order valence-corrected chi connectivity index (χ1v) is 13.4. The molecule has 0 saturated carbocycles. The van der Waals surface area contributed by atoms with E-state index in [4.69, 9.17) is 16.6 Å². The molecule has 8 heteroatoms. The summed E-state index contributed by atoms with van der Waals surface area (Å²) in [6.07, 6.45) is 1.15. The van der Waals surface area contributed by atoms with Gasteiger partial charge in [0.1, 0.15) is 16.9 Å². The lowest BCUT2D eigenvalue weighted by Crippen LogP contribution is -1.98. The molecule has 0 aliphatic heterocycles. The highest BCUT2D eigenvalue weighted by molar-refractivity contribution is 7.98. The molecule has 0 aliphatic carbocycles. The van der Waals surface area contributed by atoms with Crippen LogP contribution in [-0.4, -0.2) is 19.7 Å². The van der Waals surface area contributed by atoms with Crippen molar-refractivity contribution >= 4 is 33.2 Å². The number of pyridine rings is 1. The maximum Gasteiger partial charge on any atom is 0.175 e. The fourth-order valence-corrected chi connectivity index (χ4v) is 5.14. The van der Waals surface area contributed by atoms with E-state index in [0.717, 1.165) is 11.8 Å². The average molecular weight is 509 g/mol. The predicted molar refractivity (Wildman–Crippen MR) is 134 cm³/mol. The molecule has 0 unspecified atom stereocenters. The Morgan fingerprint density at radius 1 is 1.00 bits per heavy atom. The van der Waals surface area contributed by atoms with Crippen LogP contribution in [0.2, 0.25) is 5.02 Å². The Morgan fingerprint density at radius 3 is 2.29 bits per heavy atom. The van der Waals surface area contributed by atoms with Crippen molar-refractivity contribution in [2.75, 3.05) is 6.26 Å². The van der Waals surface area contributed by atoms with Gasteiger partial charge in [-0.15, -0.1) is 11.8 Å². The summed E-state index contributed by atoms with van der Waals surface area (Å²) >= 11 is 7.49. The molecule has 0 amide bonds. The molecule has 0 spiro atoms. The maximum absolute atomic E-state index is 13.6. The van der Waals surface area contributed by atoms with Crippen molar-refractivity contribution < 1.29 is 12.8 Å². The van der Waals surface area contributed by atoms with E-state index in [1.165, 1.54) is 36.0 Å². The Morgan fingerprint density at radius 2 is 1.68 bits per heavy atom. The Bertz CT molecular complexity index is 1500. The molecule has 4 aromatic rings. The number of nitrogens with zero attached hydrogens (tertiary/aromatic N) is 2. The Hall–Kier alpha value is -3.18. The second kappa shape index (κ2) is 9.98. The third-order valence-electron chi connectivity index (χ3n) is 5.08. The van der Waals surface area contributed by atoms with Crippen molar-refractivity contribution in [3.63, 3.8) is 0 Å². The van der Waals surface area contributed by atoms with Crippen molar-refractivity contribution in [1.29, 1.82) is 5.26 Å². The minimum atomic E-state index is -3.35. The van der Waals surface area contributed by atoms with Gasteiger partial charge < -0.3 is 0 Å². The highest BCUT2D eigenvalue weighted by atomic mass is 35.5. The Balaban J connectivity index is 1.81. The van der Waals surface area contributed by atoms with Crippen LogP contribution < -0.4 is 0 Å². The molecule has 0 aliphatic rings. The van der Waals surface area contributed by atoms with E-state index in [2.05, 4.69) is 6.07 Å². The van der Waals surface area contributed by atoms with E-state index in [9.17, 15) is 18.1 Å². The predicted octanol–water partition coefficient (Wildman–Crippen LogP) is 6.78. The molecule has 0 bridgehead atoms. The van der Waals surface area contributed by atoms with Gasteiger partial charge in [0.25, 0.3) is 0 Å². The largest absolute Gasteiger partial charge is 0.239 e. The first-order chi connectivity index (χ1) is 16.2. The van der Waals surface area contributed by atoms with Crippen LogP contribution in [0.15, 0.2) is 88.8 Å². The van der Waals surface area contributed by atoms with Gasteiger partial charge in [-0.2, -0.15) is 5.26 Å². The van der Waals surface area contributed by atoms with Crippen LogP contribution in [0.4, 0.5) is 4.39 Å². The van der Waals surface area contributed by atoms with Crippen LogP contribution in [0.5, 0.6) is 0 Å². The molecular weight excluding hydrogens is 491 g/mol. The molecule has 0 fully saturated rings. The number of thioether (sulfide) groups is 1. The SMILES string of the molecule is CS(=O)(=O)c1ccc(-c2cc(C#N)c(SCc3cccc(Cl)c3)nc2-c2ccc(F)cc2)cc1. The van der Waals surface area contributed by atoms with E-state index < -0.39 is 9.84 Å². The fourth-order valence-electron chi connectivity index (χ4n) is 3.39. The quantitative estimate of drug-likeness (QED) is 0.268. The molecule has 170 valence electrons. The van der Waals surface area contributed by atoms with E-state index in [1.54, 1.807) is 36.4 Å². The van der Waals surface area contributed by atoms with Crippen molar-refractivity contribution in [3.05, 3.63) is 101 Å². The molecule has 3 aromatic carbocycles. The second-order valence-electron chi connectivity index (χ2n) is 7.57. The molecule has 34 heavy (non-hydrogen) atoms. The smallest absolute Gasteiger partial charge is 0.175 e. The van der Waals surface area contributed by atoms with E-state index in [1.807, 2.05) is 18.2 Å². The van der Waals surface area contributed by atoms with Crippen molar-refractivity contribution in [1.82, 2.24) is 4.98 Å². The topological polar surface area (TPSA) is 70.8 Å². The normalized spacial score (nSPS) is 11.2. The Kier molecular flexibility index (Phi) is 7.03. The monoisotopic (exact) mass is 508 g/mol. The van der Waals surface area contributed by atoms with Crippen LogP contribution in [0.3, 0.4) is 0 Å². The van der Waals surface area contributed by atoms with E-state index >= 15 is 0 Å². The third kappa shape index (κ3) is 5.48. The minimum absolute atomic E-state index is 0.196. The number of hydrogen-bond donors (Lipinski definition) is 0. The maximum atomic E-state index is 13.6. The summed E-state index contributed by atoms with van der Waals surface area (Å²) in [5.41, 5.74) is 3.97. The van der Waals surface area contributed by atoms with Gasteiger partial charge in [-0.25, -0.2) is 17.8 Å². The van der Waals surface area contributed by atoms with Gasteiger partial charge >= 0.3 is 0 Å². The first kappa shape index (κ1) is 24.0. The van der Waals surface area contributed by atoms with Gasteiger partial charge in [-0.3, -0.25) is 0 Å². The Labute approximate surface area is 207 Å². The van der Waals surface area contributed by atoms with E-state index in [0.29, 0.717) is 43.7 Å². The summed E-state index contributed by atoms with van der Waals surface area (Å²) in [6, 6.07) is 23.8. The summed E-state index contributed by atoms with van der Waals surface area (Å²) in [7, 11) is -3.35. The lowest BCUT2D eigenvalue weighted by molar-refractivity contribution is 0.602. The van der Waals surface area contributed by atoms with E-state index in [-0.39, 0.29) is 10.7 Å². The molecule has 4 rings (SSSR count). The molecule has 0 radical (unpaired) electrons. The van der Waals surface area contributed by atoms with Crippen LogP contribution in [-0.2, 0) is 15.6 Å². The summed E-state index contributed by atoms with van der Waals surface area (Å²) < 4.78 is 37.3. The number of halogens is 2. The molecule has 0 N–H and O–H groups in total. The van der Waals surface area contributed by atoms with Gasteiger partial charge in [-0.05, 0) is 65.7 Å². The number of benzene rings is 3. The van der Waals surface area contributed by atoms with Crippen LogP contribution in [0.25, 0.3) is 22.4 Å². The molecular formula is C26H18ClFN2O2S2.